The van der Waals surface area contributed by atoms with Crippen LogP contribution < -0.4 is 10.2 Å². The second-order valence-corrected chi connectivity index (χ2v) is 5.69. The molecule has 0 spiro atoms. The quantitative estimate of drug-likeness (QED) is 0.907. The average molecular weight is 281 g/mol. The van der Waals surface area contributed by atoms with Gasteiger partial charge in [-0.2, -0.15) is 0 Å². The molecule has 1 aliphatic carbocycles. The van der Waals surface area contributed by atoms with Crippen molar-refractivity contribution in [3.63, 3.8) is 0 Å². The number of nitrogens with zero attached hydrogens (tertiary/aromatic N) is 2. The van der Waals surface area contributed by atoms with E-state index in [1.807, 2.05) is 30.3 Å². The molecule has 106 valence electrons. The van der Waals surface area contributed by atoms with Crippen LogP contribution in [0.25, 0.3) is 10.9 Å². The highest BCUT2D eigenvalue weighted by molar-refractivity contribution is 6.07. The molecule has 2 fully saturated rings. The maximum Gasteiger partial charge on any atom is 0.250 e. The average Bonchev–Trinajstić information content (AvgIpc) is 3.33. The molecule has 2 aliphatic rings. The summed E-state index contributed by atoms with van der Waals surface area (Å²) in [5.41, 5.74) is 1.58. The summed E-state index contributed by atoms with van der Waals surface area (Å²) >= 11 is 0. The monoisotopic (exact) mass is 281 g/mol. The number of nitrogens with one attached hydrogen (secondary N) is 1. The molecule has 4 rings (SSSR count). The normalized spacial score (nSPS) is 22.5. The molecule has 0 radical (unpaired) electrons. The Balaban J connectivity index is 1.72. The largest absolute Gasteiger partial charge is 0.342 e. The van der Waals surface area contributed by atoms with Gasteiger partial charge in [0, 0.05) is 5.39 Å². The second-order valence-electron chi connectivity index (χ2n) is 5.69. The van der Waals surface area contributed by atoms with Crippen molar-refractivity contribution in [2.75, 3.05) is 11.4 Å². The van der Waals surface area contributed by atoms with Crippen molar-refractivity contribution in [1.82, 2.24) is 10.3 Å². The molecule has 1 saturated carbocycles. The predicted octanol–water partition coefficient (Wildman–Crippen LogP) is 1.48. The zero-order valence-corrected chi connectivity index (χ0v) is 11.5. The maximum absolute atomic E-state index is 12.6. The van der Waals surface area contributed by atoms with Gasteiger partial charge in [0.05, 0.1) is 17.4 Å². The van der Waals surface area contributed by atoms with E-state index in [-0.39, 0.29) is 24.4 Å². The van der Waals surface area contributed by atoms with Gasteiger partial charge < -0.3 is 5.32 Å². The first kappa shape index (κ1) is 12.3. The van der Waals surface area contributed by atoms with Crippen LogP contribution in [-0.4, -0.2) is 29.4 Å². The third-order valence-electron chi connectivity index (χ3n) is 4.13. The molecule has 1 N–H and O–H groups in total. The van der Waals surface area contributed by atoms with Crippen LogP contribution in [0.4, 0.5) is 5.69 Å². The molecule has 5 heteroatoms. The number of rotatable bonds is 2. The van der Waals surface area contributed by atoms with Crippen molar-refractivity contribution in [2.24, 2.45) is 5.92 Å². The van der Waals surface area contributed by atoms with Gasteiger partial charge in [-0.05, 0) is 30.9 Å². The van der Waals surface area contributed by atoms with Gasteiger partial charge in [0.2, 0.25) is 11.8 Å². The Bertz CT molecular complexity index is 739. The third-order valence-corrected chi connectivity index (χ3v) is 4.13. The summed E-state index contributed by atoms with van der Waals surface area (Å²) in [5, 5.41) is 3.78. The first-order valence-corrected chi connectivity index (χ1v) is 7.18. The zero-order chi connectivity index (χ0) is 14.4. The van der Waals surface area contributed by atoms with E-state index in [2.05, 4.69) is 10.3 Å². The summed E-state index contributed by atoms with van der Waals surface area (Å²) in [6.07, 6.45) is 3.70. The fourth-order valence-electron chi connectivity index (χ4n) is 2.84. The Morgan fingerprint density at radius 1 is 1.19 bits per heavy atom. The molecule has 21 heavy (non-hydrogen) atoms. The number of pyridine rings is 1. The molecule has 2 heterocycles. The van der Waals surface area contributed by atoms with Crippen LogP contribution in [0.5, 0.6) is 0 Å². The van der Waals surface area contributed by atoms with Crippen molar-refractivity contribution in [3.8, 4) is 0 Å². The lowest BCUT2D eigenvalue weighted by molar-refractivity contribution is -0.131. The van der Waals surface area contributed by atoms with Gasteiger partial charge >= 0.3 is 0 Å². The van der Waals surface area contributed by atoms with Crippen LogP contribution in [0.1, 0.15) is 12.8 Å². The van der Waals surface area contributed by atoms with Crippen LogP contribution >= 0.6 is 0 Å². The number of piperazine rings is 1. The van der Waals surface area contributed by atoms with E-state index in [4.69, 9.17) is 0 Å². The number of hydrogen-bond acceptors (Lipinski definition) is 3. The fraction of sp³-hybridized carbons (Fsp3) is 0.312. The Morgan fingerprint density at radius 3 is 2.81 bits per heavy atom. The number of aromatic nitrogens is 1. The van der Waals surface area contributed by atoms with Gasteiger partial charge in [0.1, 0.15) is 12.6 Å². The van der Waals surface area contributed by atoms with E-state index >= 15 is 0 Å². The lowest BCUT2D eigenvalue weighted by atomic mass is 10.1. The Hall–Kier alpha value is -2.43. The minimum Gasteiger partial charge on any atom is -0.342 e. The lowest BCUT2D eigenvalue weighted by Gasteiger charge is -2.32. The fourth-order valence-corrected chi connectivity index (χ4v) is 2.84. The number of carbonyl (C=O) groups is 2. The molecular formula is C16H15N3O2. The standard InChI is InChI=1S/C16H15N3O2/c20-14-9-19(16(21)15(18-14)10-5-6-10)12-7-11-3-1-2-4-13(11)17-8-12/h1-4,7-8,10,15H,5-6,9H2,(H,18,20). The molecule has 2 aromatic rings. The summed E-state index contributed by atoms with van der Waals surface area (Å²) < 4.78 is 0. The highest BCUT2D eigenvalue weighted by atomic mass is 16.2. The SMILES string of the molecule is O=C1CN(c2cnc3ccccc3c2)C(=O)C(C2CC2)N1. The molecular weight excluding hydrogens is 266 g/mol. The smallest absolute Gasteiger partial charge is 0.250 e. The first-order valence-electron chi connectivity index (χ1n) is 7.18. The highest BCUT2D eigenvalue weighted by Crippen LogP contribution is 2.35. The van der Waals surface area contributed by atoms with E-state index in [1.165, 1.54) is 0 Å². The van der Waals surface area contributed by atoms with Crippen molar-refractivity contribution in [1.29, 1.82) is 0 Å². The van der Waals surface area contributed by atoms with Crippen LogP contribution in [0.2, 0.25) is 0 Å². The molecule has 5 nitrogen and oxygen atoms in total. The minimum atomic E-state index is -0.363. The van der Waals surface area contributed by atoms with Crippen LogP contribution in [0.3, 0.4) is 0 Å². The van der Waals surface area contributed by atoms with Crippen molar-refractivity contribution in [2.45, 2.75) is 18.9 Å². The number of carbonyl (C=O) groups excluding carboxylic acids is 2. The topological polar surface area (TPSA) is 62.3 Å². The van der Waals surface area contributed by atoms with Gasteiger partial charge in [-0.15, -0.1) is 0 Å². The maximum atomic E-state index is 12.6. The predicted molar refractivity (Wildman–Crippen MR) is 78.8 cm³/mol. The summed E-state index contributed by atoms with van der Waals surface area (Å²) in [6.45, 7) is 0.0715. The van der Waals surface area contributed by atoms with Crippen molar-refractivity contribution in [3.05, 3.63) is 36.5 Å². The minimum absolute atomic E-state index is 0.0193. The summed E-state index contributed by atoms with van der Waals surface area (Å²) in [6, 6.07) is 9.30. The number of benzene rings is 1. The molecule has 0 bridgehead atoms. The molecule has 1 aromatic carbocycles. The van der Waals surface area contributed by atoms with Crippen LogP contribution in [0, 0.1) is 5.92 Å². The number of anilines is 1. The first-order chi connectivity index (χ1) is 10.2. The summed E-state index contributed by atoms with van der Waals surface area (Å²) in [7, 11) is 0. The van der Waals surface area contributed by atoms with E-state index < -0.39 is 0 Å². The molecule has 1 unspecified atom stereocenters. The van der Waals surface area contributed by atoms with E-state index in [9.17, 15) is 9.59 Å². The van der Waals surface area contributed by atoms with E-state index in [0.717, 1.165) is 23.7 Å². The highest BCUT2D eigenvalue weighted by Gasteiger charge is 2.43. The van der Waals surface area contributed by atoms with Gasteiger partial charge in [0.25, 0.3) is 0 Å². The van der Waals surface area contributed by atoms with Crippen molar-refractivity contribution < 1.29 is 9.59 Å². The van der Waals surface area contributed by atoms with Crippen molar-refractivity contribution >= 4 is 28.4 Å². The lowest BCUT2D eigenvalue weighted by Crippen LogP contribution is -2.59. The van der Waals surface area contributed by atoms with Crippen LogP contribution in [0.15, 0.2) is 36.5 Å². The Morgan fingerprint density at radius 2 is 2.00 bits per heavy atom. The zero-order valence-electron chi connectivity index (χ0n) is 11.5. The van der Waals surface area contributed by atoms with E-state index in [0.29, 0.717) is 11.6 Å². The number of amides is 2. The van der Waals surface area contributed by atoms with Gasteiger partial charge in [-0.3, -0.25) is 19.5 Å². The van der Waals surface area contributed by atoms with Gasteiger partial charge in [-0.25, -0.2) is 0 Å². The summed E-state index contributed by atoms with van der Waals surface area (Å²) in [5.74, 6) is 0.187. The Labute approximate surface area is 122 Å². The Kier molecular flexibility index (Phi) is 2.67. The molecule has 1 aromatic heterocycles. The molecule has 1 atom stereocenters. The third kappa shape index (κ3) is 2.14. The van der Waals surface area contributed by atoms with Gasteiger partial charge in [-0.1, -0.05) is 18.2 Å². The molecule has 1 aliphatic heterocycles. The number of fused-ring (bicyclic) bond motifs is 1. The molecule has 1 saturated heterocycles. The van der Waals surface area contributed by atoms with Gasteiger partial charge in [0.15, 0.2) is 0 Å². The number of hydrogen-bond donors (Lipinski definition) is 1. The number of para-hydroxylation sites is 1. The van der Waals surface area contributed by atoms with Crippen LogP contribution in [-0.2, 0) is 9.59 Å². The summed E-state index contributed by atoms with van der Waals surface area (Å²) in [4.78, 5) is 30.4. The van der Waals surface area contributed by atoms with E-state index in [1.54, 1.807) is 11.1 Å². The molecule has 2 amide bonds. The second kappa shape index (κ2) is 4.55.